The van der Waals surface area contributed by atoms with Crippen molar-refractivity contribution in [1.29, 1.82) is 0 Å². The molecular formula is C13H28F2O. The van der Waals surface area contributed by atoms with E-state index in [2.05, 4.69) is 4.74 Å². The minimum Gasteiger partial charge on any atom is -0.378 e. The summed E-state index contributed by atoms with van der Waals surface area (Å²) in [6.45, 7) is 9.50. The predicted molar refractivity (Wildman–Crippen MR) is 68.2 cm³/mol. The summed E-state index contributed by atoms with van der Waals surface area (Å²) in [6, 6.07) is 0. The fourth-order valence-electron chi connectivity index (χ4n) is 0.818. The lowest BCUT2D eigenvalue weighted by Crippen LogP contribution is -2.19. The minimum absolute atomic E-state index is 0.532. The van der Waals surface area contributed by atoms with Crippen LogP contribution in [-0.2, 0) is 4.74 Å². The molecule has 0 spiro atoms. The highest BCUT2D eigenvalue weighted by Gasteiger charge is 2.23. The summed E-state index contributed by atoms with van der Waals surface area (Å²) in [5, 5.41) is 0. The molecule has 0 aliphatic rings. The Bertz CT molecular complexity index is 134. The number of hydrogen-bond donors (Lipinski definition) is 0. The van der Waals surface area contributed by atoms with Gasteiger partial charge >= 0.3 is 0 Å². The lowest BCUT2D eigenvalue weighted by Gasteiger charge is -2.09. The van der Waals surface area contributed by atoms with Crippen molar-refractivity contribution in [1.82, 2.24) is 0 Å². The quantitative estimate of drug-likeness (QED) is 0.464. The van der Waals surface area contributed by atoms with Crippen molar-refractivity contribution in [2.75, 3.05) is 13.7 Å². The van der Waals surface area contributed by atoms with Gasteiger partial charge in [0, 0.05) is 7.11 Å². The second kappa shape index (κ2) is 17.0. The van der Waals surface area contributed by atoms with Gasteiger partial charge in [0.1, 0.15) is 6.61 Å². The molecule has 0 aliphatic carbocycles. The first-order valence-corrected chi connectivity index (χ1v) is 6.17. The molecule has 0 N–H and O–H groups in total. The van der Waals surface area contributed by atoms with Crippen molar-refractivity contribution >= 4 is 0 Å². The number of methoxy groups -OCH3 is 1. The Morgan fingerprint density at radius 2 is 1.62 bits per heavy atom. The fourth-order valence-corrected chi connectivity index (χ4v) is 0.818. The number of alkyl halides is 2. The smallest absolute Gasteiger partial charge is 0.289 e. The monoisotopic (exact) mass is 238 g/mol. The van der Waals surface area contributed by atoms with Crippen molar-refractivity contribution < 1.29 is 13.5 Å². The Kier molecular flexibility index (Phi) is 22.2. The third-order valence-corrected chi connectivity index (χ3v) is 1.42. The Labute approximate surface area is 99.9 Å². The summed E-state index contributed by atoms with van der Waals surface area (Å²) >= 11 is 0. The van der Waals surface area contributed by atoms with Gasteiger partial charge in [0.05, 0.1) is 0 Å². The van der Waals surface area contributed by atoms with Gasteiger partial charge in [-0.05, 0) is 12.5 Å². The third kappa shape index (κ3) is 19.2. The average molecular weight is 238 g/mol. The van der Waals surface area contributed by atoms with E-state index in [4.69, 9.17) is 0 Å². The molecule has 100 valence electrons. The van der Waals surface area contributed by atoms with Gasteiger partial charge in [-0.2, -0.15) is 8.78 Å². The van der Waals surface area contributed by atoms with E-state index < -0.39 is 12.5 Å². The van der Waals surface area contributed by atoms with E-state index in [0.717, 1.165) is 25.3 Å². The normalized spacial score (nSPS) is 10.2. The molecule has 0 amide bonds. The largest absolute Gasteiger partial charge is 0.378 e. The summed E-state index contributed by atoms with van der Waals surface area (Å²) in [5.41, 5.74) is 0. The SMILES string of the molecule is CC.CC.CCCC/C=C/C(F)(F)COC. The van der Waals surface area contributed by atoms with Crippen LogP contribution in [0.5, 0.6) is 0 Å². The van der Waals surface area contributed by atoms with Crippen LogP contribution < -0.4 is 0 Å². The van der Waals surface area contributed by atoms with Crippen LogP contribution in [0.15, 0.2) is 12.2 Å². The molecule has 0 aromatic rings. The van der Waals surface area contributed by atoms with Crippen molar-refractivity contribution in [2.24, 2.45) is 0 Å². The van der Waals surface area contributed by atoms with E-state index in [1.165, 1.54) is 13.2 Å². The summed E-state index contributed by atoms with van der Waals surface area (Å²) in [4.78, 5) is 0. The van der Waals surface area contributed by atoms with Gasteiger partial charge < -0.3 is 4.74 Å². The molecular weight excluding hydrogens is 210 g/mol. The molecule has 0 unspecified atom stereocenters. The average Bonchev–Trinajstić information content (AvgIpc) is 2.30. The molecule has 0 aromatic carbocycles. The number of rotatable bonds is 6. The summed E-state index contributed by atoms with van der Waals surface area (Å²) < 4.78 is 29.6. The van der Waals surface area contributed by atoms with E-state index in [9.17, 15) is 8.78 Å². The Morgan fingerprint density at radius 3 is 2.00 bits per heavy atom. The highest BCUT2D eigenvalue weighted by Crippen LogP contribution is 2.15. The third-order valence-electron chi connectivity index (χ3n) is 1.42. The Hall–Kier alpha value is -0.440. The minimum atomic E-state index is -2.80. The zero-order chi connectivity index (χ0) is 13.4. The molecule has 16 heavy (non-hydrogen) atoms. The molecule has 0 rings (SSSR count). The van der Waals surface area contributed by atoms with Crippen LogP contribution in [0.3, 0.4) is 0 Å². The lowest BCUT2D eigenvalue weighted by molar-refractivity contribution is -0.0233. The second-order valence-electron chi connectivity index (χ2n) is 2.74. The highest BCUT2D eigenvalue weighted by molar-refractivity contribution is 4.94. The van der Waals surface area contributed by atoms with Crippen LogP contribution in [-0.4, -0.2) is 19.6 Å². The molecule has 0 fully saturated rings. The van der Waals surface area contributed by atoms with Crippen molar-refractivity contribution in [3.8, 4) is 0 Å². The first-order valence-electron chi connectivity index (χ1n) is 6.17. The molecule has 0 aliphatic heterocycles. The van der Waals surface area contributed by atoms with Crippen molar-refractivity contribution in [3.05, 3.63) is 12.2 Å². The maximum absolute atomic E-state index is 12.6. The number of allylic oxidation sites excluding steroid dienone is 1. The van der Waals surface area contributed by atoms with E-state index in [-0.39, 0.29) is 0 Å². The summed E-state index contributed by atoms with van der Waals surface area (Å²) in [7, 11) is 1.27. The molecule has 0 radical (unpaired) electrons. The summed E-state index contributed by atoms with van der Waals surface area (Å²) in [6.07, 6.45) is 5.14. The van der Waals surface area contributed by atoms with Gasteiger partial charge in [-0.15, -0.1) is 0 Å². The van der Waals surface area contributed by atoms with Gasteiger partial charge in [-0.3, -0.25) is 0 Å². The van der Waals surface area contributed by atoms with Crippen LogP contribution in [0.2, 0.25) is 0 Å². The first-order chi connectivity index (χ1) is 7.62. The van der Waals surface area contributed by atoms with E-state index >= 15 is 0 Å². The Morgan fingerprint density at radius 1 is 1.12 bits per heavy atom. The van der Waals surface area contributed by atoms with Crippen LogP contribution in [0.4, 0.5) is 8.78 Å². The lowest BCUT2D eigenvalue weighted by atomic mass is 10.2. The van der Waals surface area contributed by atoms with E-state index in [0.29, 0.717) is 0 Å². The number of unbranched alkanes of at least 4 members (excludes halogenated alkanes) is 2. The van der Waals surface area contributed by atoms with Crippen molar-refractivity contribution in [3.63, 3.8) is 0 Å². The zero-order valence-electron chi connectivity index (χ0n) is 11.6. The van der Waals surface area contributed by atoms with Gasteiger partial charge in [-0.25, -0.2) is 0 Å². The van der Waals surface area contributed by atoms with Gasteiger partial charge in [-0.1, -0.05) is 53.5 Å². The maximum atomic E-state index is 12.6. The van der Waals surface area contributed by atoms with Crippen LogP contribution in [0.1, 0.15) is 53.9 Å². The molecule has 0 bridgehead atoms. The molecule has 0 saturated carbocycles. The standard InChI is InChI=1S/C9H16F2O.2C2H6/c1-3-4-5-6-7-9(10,11)8-12-2;2*1-2/h6-7H,3-5,8H2,1-2H3;2*1-2H3/b7-6+;;. The van der Waals surface area contributed by atoms with Crippen LogP contribution in [0, 0.1) is 0 Å². The number of ether oxygens (including phenoxy) is 1. The zero-order valence-corrected chi connectivity index (χ0v) is 11.6. The Balaban J connectivity index is -0.000000376. The van der Waals surface area contributed by atoms with Gasteiger partial charge in [0.2, 0.25) is 0 Å². The summed E-state index contributed by atoms with van der Waals surface area (Å²) in [5.74, 6) is -2.80. The maximum Gasteiger partial charge on any atom is 0.289 e. The number of hydrogen-bond acceptors (Lipinski definition) is 1. The van der Waals surface area contributed by atoms with E-state index in [1.54, 1.807) is 0 Å². The molecule has 1 nitrogen and oxygen atoms in total. The highest BCUT2D eigenvalue weighted by atomic mass is 19.3. The molecule has 0 saturated heterocycles. The predicted octanol–water partition coefficient (Wildman–Crippen LogP) is 5.07. The topological polar surface area (TPSA) is 9.23 Å². The molecule has 0 atom stereocenters. The first kappa shape index (κ1) is 20.9. The van der Waals surface area contributed by atoms with Gasteiger partial charge in [0.15, 0.2) is 0 Å². The van der Waals surface area contributed by atoms with Crippen molar-refractivity contribution in [2.45, 2.75) is 59.8 Å². The molecule has 0 heterocycles. The number of halogens is 2. The van der Waals surface area contributed by atoms with Crippen LogP contribution >= 0.6 is 0 Å². The fraction of sp³-hybridized carbons (Fsp3) is 0.846. The molecule has 3 heteroatoms. The van der Waals surface area contributed by atoms with Gasteiger partial charge in [0.25, 0.3) is 5.92 Å². The second-order valence-corrected chi connectivity index (χ2v) is 2.74. The molecule has 0 aromatic heterocycles. The van der Waals surface area contributed by atoms with Crippen LogP contribution in [0.25, 0.3) is 0 Å². The van der Waals surface area contributed by atoms with E-state index in [1.807, 2.05) is 34.6 Å².